The van der Waals surface area contributed by atoms with Crippen molar-refractivity contribution in [2.24, 2.45) is 5.73 Å². The number of nitrogens with two attached hydrogens (primary N) is 1. The maximum atomic E-state index is 12.0. The highest BCUT2D eigenvalue weighted by Crippen LogP contribution is 2.43. The lowest BCUT2D eigenvalue weighted by molar-refractivity contribution is -0.123. The van der Waals surface area contributed by atoms with Crippen LogP contribution in [0.25, 0.3) is 0 Å². The fraction of sp³-hybridized carbons (Fsp3) is 0.222. The summed E-state index contributed by atoms with van der Waals surface area (Å²) in [6, 6.07) is 14.1. The second-order valence-electron chi connectivity index (χ2n) is 5.72. The van der Waals surface area contributed by atoms with Crippen molar-refractivity contribution in [3.05, 3.63) is 64.7 Å². The van der Waals surface area contributed by atoms with E-state index in [1.807, 2.05) is 24.3 Å². The van der Waals surface area contributed by atoms with Crippen LogP contribution in [0.2, 0.25) is 5.02 Å². The average molecular weight is 345 g/mol. The monoisotopic (exact) mass is 344 g/mol. The molecule has 24 heavy (non-hydrogen) atoms. The van der Waals surface area contributed by atoms with Gasteiger partial charge in [-0.1, -0.05) is 29.8 Å². The zero-order valence-corrected chi connectivity index (χ0v) is 13.6. The standard InChI is InChI=1S/C18H17ClN2O3/c19-15-4-2-1-3-13(15)14-9-16(14)21-17(22)10-24-12-7-5-11(6-8-12)18(20)23/h1-8,14,16H,9-10H2,(H2,20,23)(H,21,22)/t14-,16-/m0/s1. The first-order valence-corrected chi connectivity index (χ1v) is 7.99. The molecule has 6 heteroatoms. The first-order valence-electron chi connectivity index (χ1n) is 7.61. The van der Waals surface area contributed by atoms with Crippen molar-refractivity contribution in [3.8, 4) is 5.75 Å². The Bertz CT molecular complexity index is 761. The van der Waals surface area contributed by atoms with Gasteiger partial charge in [0.1, 0.15) is 5.75 Å². The highest BCUT2D eigenvalue weighted by atomic mass is 35.5. The third-order valence-corrected chi connectivity index (χ3v) is 4.29. The lowest BCUT2D eigenvalue weighted by atomic mass is 10.1. The van der Waals surface area contributed by atoms with Crippen LogP contribution in [0, 0.1) is 0 Å². The van der Waals surface area contributed by atoms with Crippen molar-refractivity contribution in [1.29, 1.82) is 0 Å². The number of rotatable bonds is 6. The van der Waals surface area contributed by atoms with Crippen LogP contribution in [0.5, 0.6) is 5.75 Å². The van der Waals surface area contributed by atoms with Crippen LogP contribution in [0.4, 0.5) is 0 Å². The number of halogens is 1. The summed E-state index contributed by atoms with van der Waals surface area (Å²) in [4.78, 5) is 22.9. The molecule has 0 heterocycles. The predicted octanol–water partition coefficient (Wildman–Crippen LogP) is 2.49. The summed E-state index contributed by atoms with van der Waals surface area (Å²) in [6.45, 7) is -0.0817. The van der Waals surface area contributed by atoms with Crippen molar-refractivity contribution >= 4 is 23.4 Å². The van der Waals surface area contributed by atoms with Crippen molar-refractivity contribution < 1.29 is 14.3 Å². The largest absolute Gasteiger partial charge is 0.484 e. The molecular formula is C18H17ClN2O3. The van der Waals surface area contributed by atoms with E-state index in [1.165, 1.54) is 0 Å². The van der Waals surface area contributed by atoms with Gasteiger partial charge >= 0.3 is 0 Å². The summed E-state index contributed by atoms with van der Waals surface area (Å²) in [5, 5.41) is 3.66. The maximum absolute atomic E-state index is 12.0. The molecule has 1 saturated carbocycles. The van der Waals surface area contributed by atoms with Gasteiger partial charge in [-0.2, -0.15) is 0 Å². The van der Waals surface area contributed by atoms with E-state index in [9.17, 15) is 9.59 Å². The predicted molar refractivity (Wildman–Crippen MR) is 91.2 cm³/mol. The minimum Gasteiger partial charge on any atom is -0.484 e. The molecule has 0 unspecified atom stereocenters. The summed E-state index contributed by atoms with van der Waals surface area (Å²) in [6.07, 6.45) is 0.878. The normalized spacial score (nSPS) is 18.7. The zero-order chi connectivity index (χ0) is 17.1. The Balaban J connectivity index is 1.47. The molecule has 3 rings (SSSR count). The van der Waals surface area contributed by atoms with E-state index < -0.39 is 5.91 Å². The number of hydrogen-bond donors (Lipinski definition) is 2. The quantitative estimate of drug-likeness (QED) is 0.844. The van der Waals surface area contributed by atoms with Gasteiger partial charge in [-0.25, -0.2) is 0 Å². The minimum absolute atomic E-state index is 0.0817. The molecule has 2 amide bonds. The van der Waals surface area contributed by atoms with Gasteiger partial charge in [0, 0.05) is 22.5 Å². The number of hydrogen-bond acceptors (Lipinski definition) is 3. The molecule has 0 radical (unpaired) electrons. The Kier molecular flexibility index (Phi) is 4.71. The average Bonchev–Trinajstić information content (AvgIpc) is 3.32. The van der Waals surface area contributed by atoms with Crippen molar-refractivity contribution in [2.45, 2.75) is 18.4 Å². The SMILES string of the molecule is NC(=O)c1ccc(OCC(=O)N[C@H]2C[C@H]2c2ccccc2Cl)cc1. The van der Waals surface area contributed by atoms with Gasteiger partial charge in [-0.3, -0.25) is 9.59 Å². The molecule has 2 aromatic rings. The Morgan fingerprint density at radius 1 is 1.17 bits per heavy atom. The fourth-order valence-corrected chi connectivity index (χ4v) is 2.86. The number of ether oxygens (including phenoxy) is 1. The van der Waals surface area contributed by atoms with Gasteiger partial charge in [0.25, 0.3) is 5.91 Å². The lowest BCUT2D eigenvalue weighted by Crippen LogP contribution is -2.31. The number of amides is 2. The van der Waals surface area contributed by atoms with Crippen molar-refractivity contribution in [3.63, 3.8) is 0 Å². The molecule has 2 aromatic carbocycles. The van der Waals surface area contributed by atoms with Crippen LogP contribution >= 0.6 is 11.6 Å². The summed E-state index contributed by atoms with van der Waals surface area (Å²) in [5.41, 5.74) is 6.62. The maximum Gasteiger partial charge on any atom is 0.258 e. The van der Waals surface area contributed by atoms with Gasteiger partial charge in [0.2, 0.25) is 5.91 Å². The molecule has 0 bridgehead atoms. The van der Waals surface area contributed by atoms with Crippen LogP contribution in [0.1, 0.15) is 28.3 Å². The molecule has 1 fully saturated rings. The summed E-state index contributed by atoms with van der Waals surface area (Å²) >= 11 is 6.17. The summed E-state index contributed by atoms with van der Waals surface area (Å²) in [7, 11) is 0. The highest BCUT2D eigenvalue weighted by Gasteiger charge is 2.40. The number of benzene rings is 2. The van der Waals surface area contributed by atoms with E-state index in [0.717, 1.165) is 17.0 Å². The minimum atomic E-state index is -0.501. The third-order valence-electron chi connectivity index (χ3n) is 3.95. The van der Waals surface area contributed by atoms with E-state index in [2.05, 4.69) is 5.32 Å². The number of carbonyl (C=O) groups is 2. The molecule has 3 N–H and O–H groups in total. The molecule has 0 spiro atoms. The van der Waals surface area contributed by atoms with Crippen LogP contribution in [-0.2, 0) is 4.79 Å². The van der Waals surface area contributed by atoms with E-state index in [1.54, 1.807) is 24.3 Å². The van der Waals surface area contributed by atoms with Crippen molar-refractivity contribution in [1.82, 2.24) is 5.32 Å². The number of carbonyl (C=O) groups excluding carboxylic acids is 2. The molecule has 5 nitrogen and oxygen atoms in total. The van der Waals surface area contributed by atoms with Crippen LogP contribution in [-0.4, -0.2) is 24.5 Å². The van der Waals surface area contributed by atoms with E-state index >= 15 is 0 Å². The number of nitrogens with one attached hydrogen (secondary N) is 1. The van der Waals surface area contributed by atoms with Crippen molar-refractivity contribution in [2.75, 3.05) is 6.61 Å². The lowest BCUT2D eigenvalue weighted by Gasteiger charge is -2.08. The Hall–Kier alpha value is -2.53. The molecule has 0 saturated heterocycles. The van der Waals surface area contributed by atoms with Gasteiger partial charge in [0.05, 0.1) is 0 Å². The van der Waals surface area contributed by atoms with Gasteiger partial charge in [0.15, 0.2) is 6.61 Å². The molecule has 1 aliphatic carbocycles. The van der Waals surface area contributed by atoms with Gasteiger partial charge in [-0.05, 0) is 42.3 Å². The number of primary amides is 1. The second kappa shape index (κ2) is 6.93. The zero-order valence-electron chi connectivity index (χ0n) is 12.9. The van der Waals surface area contributed by atoms with E-state index in [0.29, 0.717) is 11.3 Å². The van der Waals surface area contributed by atoms with Crippen LogP contribution in [0.15, 0.2) is 48.5 Å². The molecule has 2 atom stereocenters. The van der Waals surface area contributed by atoms with E-state index in [-0.39, 0.29) is 24.5 Å². The Labute approximate surface area is 144 Å². The smallest absolute Gasteiger partial charge is 0.258 e. The first kappa shape index (κ1) is 16.3. The third kappa shape index (κ3) is 3.86. The first-order chi connectivity index (χ1) is 11.5. The fourth-order valence-electron chi connectivity index (χ4n) is 2.59. The molecule has 124 valence electrons. The van der Waals surface area contributed by atoms with Crippen LogP contribution < -0.4 is 15.8 Å². The van der Waals surface area contributed by atoms with Gasteiger partial charge in [-0.15, -0.1) is 0 Å². The molecular weight excluding hydrogens is 328 g/mol. The summed E-state index contributed by atoms with van der Waals surface area (Å²) < 4.78 is 5.41. The summed E-state index contributed by atoms with van der Waals surface area (Å²) in [5.74, 6) is 0.0817. The second-order valence-corrected chi connectivity index (χ2v) is 6.12. The molecule has 1 aliphatic rings. The Morgan fingerprint density at radius 3 is 2.54 bits per heavy atom. The Morgan fingerprint density at radius 2 is 1.88 bits per heavy atom. The van der Waals surface area contributed by atoms with E-state index in [4.69, 9.17) is 22.1 Å². The highest BCUT2D eigenvalue weighted by molar-refractivity contribution is 6.31. The molecule has 0 aliphatic heterocycles. The van der Waals surface area contributed by atoms with Crippen LogP contribution in [0.3, 0.4) is 0 Å². The van der Waals surface area contributed by atoms with Gasteiger partial charge < -0.3 is 15.8 Å². The topological polar surface area (TPSA) is 81.4 Å². The molecule has 0 aromatic heterocycles.